The predicted molar refractivity (Wildman–Crippen MR) is 120 cm³/mol. The van der Waals surface area contributed by atoms with E-state index in [4.69, 9.17) is 0 Å². The van der Waals surface area contributed by atoms with Crippen LogP contribution in [0.2, 0.25) is 0 Å². The molecule has 0 heterocycles. The molecule has 0 fully saturated rings. The molecule has 4 nitrogen and oxygen atoms in total. The summed E-state index contributed by atoms with van der Waals surface area (Å²) < 4.78 is 0. The van der Waals surface area contributed by atoms with Gasteiger partial charge >= 0.3 is 0 Å². The van der Waals surface area contributed by atoms with Gasteiger partial charge in [0, 0.05) is 17.8 Å². The molecule has 0 saturated carbocycles. The van der Waals surface area contributed by atoms with Crippen molar-refractivity contribution < 1.29 is 9.59 Å². The molecule has 150 valence electrons. The van der Waals surface area contributed by atoms with Gasteiger partial charge in [0.15, 0.2) is 0 Å². The van der Waals surface area contributed by atoms with E-state index in [9.17, 15) is 9.59 Å². The van der Waals surface area contributed by atoms with Gasteiger partial charge in [-0.05, 0) is 75.6 Å². The van der Waals surface area contributed by atoms with Crippen molar-refractivity contribution in [2.75, 3.05) is 16.4 Å². The minimum Gasteiger partial charge on any atom is -0.326 e. The largest absolute Gasteiger partial charge is 0.326 e. The maximum atomic E-state index is 12.3. The fourth-order valence-electron chi connectivity index (χ4n) is 3.11. The van der Waals surface area contributed by atoms with Crippen LogP contribution in [-0.2, 0) is 9.59 Å². The molecule has 2 aromatic rings. The number of carbonyl (C=O) groups excluding carboxylic acids is 2. The fourth-order valence-corrected chi connectivity index (χ4v) is 3.99. The maximum absolute atomic E-state index is 12.3. The number of anilines is 2. The van der Waals surface area contributed by atoms with Crippen LogP contribution >= 0.6 is 11.8 Å². The van der Waals surface area contributed by atoms with Crippen LogP contribution in [0, 0.1) is 27.7 Å². The molecule has 0 aromatic heterocycles. The van der Waals surface area contributed by atoms with Crippen molar-refractivity contribution in [1.82, 2.24) is 0 Å². The van der Waals surface area contributed by atoms with Gasteiger partial charge in [0.1, 0.15) is 0 Å². The van der Waals surface area contributed by atoms with Crippen LogP contribution in [0.3, 0.4) is 0 Å². The van der Waals surface area contributed by atoms with E-state index >= 15 is 0 Å². The lowest BCUT2D eigenvalue weighted by atomic mass is 10.0. The Bertz CT molecular complexity index is 825. The van der Waals surface area contributed by atoms with Gasteiger partial charge in [-0.15, -0.1) is 11.8 Å². The zero-order valence-electron chi connectivity index (χ0n) is 17.4. The van der Waals surface area contributed by atoms with E-state index < -0.39 is 0 Å². The van der Waals surface area contributed by atoms with Crippen LogP contribution < -0.4 is 10.6 Å². The number of rotatable bonds is 8. The first-order valence-electron chi connectivity index (χ1n) is 9.63. The number of aryl methyl sites for hydroxylation is 4. The van der Waals surface area contributed by atoms with Gasteiger partial charge in [0.2, 0.25) is 11.8 Å². The average molecular weight is 399 g/mol. The summed E-state index contributed by atoms with van der Waals surface area (Å²) in [4.78, 5) is 24.5. The molecule has 0 bridgehead atoms. The molecular weight excluding hydrogens is 368 g/mol. The molecule has 0 spiro atoms. The fraction of sp³-hybridized carbons (Fsp3) is 0.391. The third-order valence-corrected chi connectivity index (χ3v) is 5.75. The van der Waals surface area contributed by atoms with Crippen LogP contribution in [0.5, 0.6) is 0 Å². The molecule has 2 rings (SSSR count). The number of hydrogen-bond donors (Lipinski definition) is 2. The summed E-state index contributed by atoms with van der Waals surface area (Å²) in [6.45, 7) is 9.98. The second-order valence-electron chi connectivity index (χ2n) is 7.30. The molecule has 2 aromatic carbocycles. The van der Waals surface area contributed by atoms with Crippen molar-refractivity contribution >= 4 is 35.0 Å². The number of benzene rings is 2. The minimum atomic E-state index is -0.162. The highest BCUT2D eigenvalue weighted by atomic mass is 32.2. The van der Waals surface area contributed by atoms with Gasteiger partial charge in [0.25, 0.3) is 0 Å². The SMILES string of the molecule is Cc1cccc(NC(=O)[C@@H](C)SCCCC(=O)Nc2c(C)cc(C)cc2C)c1. The molecule has 0 saturated heterocycles. The van der Waals surface area contributed by atoms with E-state index in [1.54, 1.807) is 11.8 Å². The molecule has 2 amide bonds. The number of carbonyl (C=O) groups is 2. The van der Waals surface area contributed by atoms with Gasteiger partial charge in [-0.2, -0.15) is 0 Å². The quantitative estimate of drug-likeness (QED) is 0.585. The number of nitrogens with one attached hydrogen (secondary N) is 2. The van der Waals surface area contributed by atoms with Gasteiger partial charge in [-0.3, -0.25) is 9.59 Å². The summed E-state index contributed by atoms with van der Waals surface area (Å²) >= 11 is 1.57. The molecule has 1 atom stereocenters. The summed E-state index contributed by atoms with van der Waals surface area (Å²) in [7, 11) is 0. The number of thioether (sulfide) groups is 1. The van der Waals surface area contributed by atoms with Crippen molar-refractivity contribution in [2.45, 2.75) is 52.7 Å². The van der Waals surface area contributed by atoms with E-state index in [1.807, 2.05) is 52.0 Å². The van der Waals surface area contributed by atoms with E-state index in [2.05, 4.69) is 29.7 Å². The third-order valence-electron chi connectivity index (χ3n) is 4.51. The topological polar surface area (TPSA) is 58.2 Å². The molecule has 0 aliphatic rings. The molecule has 0 unspecified atom stereocenters. The van der Waals surface area contributed by atoms with Crippen molar-refractivity contribution in [3.8, 4) is 0 Å². The van der Waals surface area contributed by atoms with E-state index in [0.29, 0.717) is 6.42 Å². The highest BCUT2D eigenvalue weighted by Gasteiger charge is 2.14. The lowest BCUT2D eigenvalue weighted by Crippen LogP contribution is -2.23. The summed E-state index contributed by atoms with van der Waals surface area (Å²) in [6, 6.07) is 11.9. The highest BCUT2D eigenvalue weighted by Crippen LogP contribution is 2.22. The Hall–Kier alpha value is -2.27. The van der Waals surface area contributed by atoms with Crippen molar-refractivity contribution in [2.24, 2.45) is 0 Å². The zero-order chi connectivity index (χ0) is 20.7. The first-order chi connectivity index (χ1) is 13.3. The standard InChI is InChI=1S/C23H30N2O2S/c1-15-8-6-9-20(14-15)24-23(27)19(5)28-11-7-10-21(26)25-22-17(3)12-16(2)13-18(22)4/h6,8-9,12-14,19H,7,10-11H2,1-5H3,(H,24,27)(H,25,26)/t19-/m1/s1. The third kappa shape index (κ3) is 6.71. The van der Waals surface area contributed by atoms with E-state index in [-0.39, 0.29) is 17.1 Å². The molecule has 0 radical (unpaired) electrons. The molecule has 2 N–H and O–H groups in total. The highest BCUT2D eigenvalue weighted by molar-refractivity contribution is 8.00. The summed E-state index contributed by atoms with van der Waals surface area (Å²) in [5, 5.41) is 5.81. The summed E-state index contributed by atoms with van der Waals surface area (Å²) in [5.41, 5.74) is 6.21. The predicted octanol–water partition coefficient (Wildman–Crippen LogP) is 5.40. The smallest absolute Gasteiger partial charge is 0.237 e. The van der Waals surface area contributed by atoms with Gasteiger partial charge in [-0.25, -0.2) is 0 Å². The Labute approximate surface area is 172 Å². The second-order valence-corrected chi connectivity index (χ2v) is 8.75. The Balaban J connectivity index is 1.73. The van der Waals surface area contributed by atoms with E-state index in [0.717, 1.165) is 40.2 Å². The van der Waals surface area contributed by atoms with Crippen LogP contribution in [0.15, 0.2) is 36.4 Å². The van der Waals surface area contributed by atoms with Gasteiger partial charge < -0.3 is 10.6 Å². The second kappa shape index (κ2) is 10.3. The Morgan fingerprint density at radius 2 is 1.64 bits per heavy atom. The lowest BCUT2D eigenvalue weighted by molar-refractivity contribution is -0.116. The number of amides is 2. The molecule has 0 aliphatic heterocycles. The van der Waals surface area contributed by atoms with Crippen molar-refractivity contribution in [1.29, 1.82) is 0 Å². The lowest BCUT2D eigenvalue weighted by Gasteiger charge is -2.14. The molecular formula is C23H30N2O2S. The average Bonchev–Trinajstić information content (AvgIpc) is 2.61. The normalized spacial score (nSPS) is 11.8. The van der Waals surface area contributed by atoms with Gasteiger partial charge in [-0.1, -0.05) is 29.8 Å². The van der Waals surface area contributed by atoms with Crippen molar-refractivity contribution in [3.05, 3.63) is 58.7 Å². The minimum absolute atomic E-state index is 0.00837. The Morgan fingerprint density at radius 1 is 0.964 bits per heavy atom. The number of hydrogen-bond acceptors (Lipinski definition) is 3. The monoisotopic (exact) mass is 398 g/mol. The maximum Gasteiger partial charge on any atom is 0.237 e. The molecule has 0 aliphatic carbocycles. The zero-order valence-corrected chi connectivity index (χ0v) is 18.2. The van der Waals surface area contributed by atoms with Crippen molar-refractivity contribution in [3.63, 3.8) is 0 Å². The summed E-state index contributed by atoms with van der Waals surface area (Å²) in [5.74, 6) is 0.778. The first kappa shape index (κ1) is 22.0. The Kier molecular flexibility index (Phi) is 8.12. The summed E-state index contributed by atoms with van der Waals surface area (Å²) in [6.07, 6.45) is 1.19. The van der Waals surface area contributed by atoms with Crippen LogP contribution in [0.25, 0.3) is 0 Å². The Morgan fingerprint density at radius 3 is 2.29 bits per heavy atom. The molecule has 5 heteroatoms. The van der Waals surface area contributed by atoms with Crippen LogP contribution in [0.1, 0.15) is 42.0 Å². The molecule has 28 heavy (non-hydrogen) atoms. The first-order valence-corrected chi connectivity index (χ1v) is 10.7. The van der Waals surface area contributed by atoms with Crippen LogP contribution in [-0.4, -0.2) is 22.8 Å². The van der Waals surface area contributed by atoms with Gasteiger partial charge in [0.05, 0.1) is 5.25 Å². The van der Waals surface area contributed by atoms with Crippen LogP contribution in [0.4, 0.5) is 11.4 Å². The van der Waals surface area contributed by atoms with E-state index in [1.165, 1.54) is 5.56 Å².